The maximum absolute atomic E-state index is 6.06. The second kappa shape index (κ2) is 8.13. The van der Waals surface area contributed by atoms with Gasteiger partial charge in [-0.15, -0.1) is 0 Å². The number of thiazole rings is 1. The summed E-state index contributed by atoms with van der Waals surface area (Å²) >= 11 is 3.38. The fraction of sp³-hybridized carbons (Fsp3) is 0.364. The Morgan fingerprint density at radius 2 is 2.04 bits per heavy atom. The number of fused-ring (bicyclic) bond motifs is 1. The number of nitrogens with two attached hydrogens (primary N) is 1. The Bertz CT molecular complexity index is 987. The van der Waals surface area contributed by atoms with E-state index in [4.69, 9.17) is 5.73 Å². The van der Waals surface area contributed by atoms with Crippen molar-refractivity contribution < 1.29 is 0 Å². The number of nitrogens with one attached hydrogen (secondary N) is 1. The van der Waals surface area contributed by atoms with Crippen LogP contribution < -0.4 is 11.1 Å². The van der Waals surface area contributed by atoms with Crippen molar-refractivity contribution in [2.45, 2.75) is 33.1 Å². The number of hydrogen-bond acceptors (Lipinski definition) is 5. The number of aryl methyl sites for hydroxylation is 1. The molecule has 0 aliphatic heterocycles. The van der Waals surface area contributed by atoms with Crippen molar-refractivity contribution in [3.05, 3.63) is 53.6 Å². The maximum atomic E-state index is 6.06. The third-order valence-corrected chi connectivity index (χ3v) is 7.29. The fourth-order valence-electron chi connectivity index (χ4n) is 2.92. The topological polar surface area (TPSA) is 63.3 Å². The molecule has 0 atom stereocenters. The van der Waals surface area contributed by atoms with Crippen molar-refractivity contribution in [1.82, 2.24) is 4.98 Å². The molecule has 1 fully saturated rings. The van der Waals surface area contributed by atoms with Crippen LogP contribution in [0.15, 0.2) is 47.5 Å². The van der Waals surface area contributed by atoms with Gasteiger partial charge in [-0.05, 0) is 67.0 Å². The van der Waals surface area contributed by atoms with Crippen LogP contribution in [-0.2, 0) is 6.42 Å². The molecule has 3 aromatic rings. The lowest BCUT2D eigenvalue weighted by Crippen LogP contribution is -2.10. The van der Waals surface area contributed by atoms with Crippen LogP contribution in [0.2, 0.25) is 0 Å². The van der Waals surface area contributed by atoms with Gasteiger partial charge in [0.05, 0.1) is 15.9 Å². The van der Waals surface area contributed by atoms with Crippen LogP contribution in [0.25, 0.3) is 10.2 Å². The first-order chi connectivity index (χ1) is 13.5. The number of benzene rings is 2. The molecule has 1 aromatic heterocycles. The summed E-state index contributed by atoms with van der Waals surface area (Å²) in [5.74, 6) is 1.07. The van der Waals surface area contributed by atoms with Crippen molar-refractivity contribution >= 4 is 49.3 Å². The van der Waals surface area contributed by atoms with Gasteiger partial charge in [-0.3, -0.25) is 0 Å². The standard InChI is InChI=1S/C22H26N4S2/c1-15-3-8-18-19(13-15)28-21(26-18)24-12-9-16-4-6-17(7-5-16)25-20(23)27-14-22(2)10-11-22/h3-8,13H,9-12,14H2,1-2H3,(H2,23,25)(H,24,26). The molecule has 6 heteroatoms. The van der Waals surface area contributed by atoms with E-state index in [9.17, 15) is 0 Å². The van der Waals surface area contributed by atoms with E-state index >= 15 is 0 Å². The van der Waals surface area contributed by atoms with Crippen LogP contribution in [0.5, 0.6) is 0 Å². The van der Waals surface area contributed by atoms with Crippen molar-refractivity contribution in [3.63, 3.8) is 0 Å². The molecule has 146 valence electrons. The molecule has 1 aliphatic carbocycles. The number of rotatable bonds is 7. The molecule has 0 unspecified atom stereocenters. The zero-order valence-electron chi connectivity index (χ0n) is 16.4. The molecule has 2 aromatic carbocycles. The predicted molar refractivity (Wildman–Crippen MR) is 124 cm³/mol. The summed E-state index contributed by atoms with van der Waals surface area (Å²) < 4.78 is 1.23. The third kappa shape index (κ3) is 5.06. The highest BCUT2D eigenvalue weighted by atomic mass is 32.2. The van der Waals surface area contributed by atoms with E-state index < -0.39 is 0 Å². The lowest BCUT2D eigenvalue weighted by molar-refractivity contribution is 0.668. The molecule has 0 bridgehead atoms. The SMILES string of the molecule is Cc1ccc2nc(NCCc3ccc(N=C(N)SCC4(C)CC4)cc3)sc2c1. The van der Waals surface area contributed by atoms with E-state index in [0.717, 1.165) is 35.1 Å². The van der Waals surface area contributed by atoms with E-state index in [-0.39, 0.29) is 0 Å². The molecule has 1 aliphatic rings. The molecule has 0 radical (unpaired) electrons. The van der Waals surface area contributed by atoms with Gasteiger partial charge in [0.25, 0.3) is 0 Å². The average Bonchev–Trinajstić information content (AvgIpc) is 3.28. The molecule has 1 heterocycles. The molecule has 0 spiro atoms. The van der Waals surface area contributed by atoms with E-state index in [0.29, 0.717) is 10.6 Å². The molecule has 4 nitrogen and oxygen atoms in total. The Morgan fingerprint density at radius 3 is 2.79 bits per heavy atom. The summed E-state index contributed by atoms with van der Waals surface area (Å²) in [6.45, 7) is 5.28. The Morgan fingerprint density at radius 1 is 1.25 bits per heavy atom. The lowest BCUT2D eigenvalue weighted by atomic mass is 10.1. The highest BCUT2D eigenvalue weighted by molar-refractivity contribution is 8.13. The zero-order valence-corrected chi connectivity index (χ0v) is 18.0. The molecule has 1 saturated carbocycles. The number of hydrogen-bond donors (Lipinski definition) is 2. The van der Waals surface area contributed by atoms with Crippen LogP contribution in [0.3, 0.4) is 0 Å². The highest BCUT2D eigenvalue weighted by Crippen LogP contribution is 2.47. The Labute approximate surface area is 174 Å². The summed E-state index contributed by atoms with van der Waals surface area (Å²) in [5.41, 5.74) is 11.1. The van der Waals surface area contributed by atoms with Gasteiger partial charge < -0.3 is 11.1 Å². The van der Waals surface area contributed by atoms with Crippen molar-refractivity contribution in [2.75, 3.05) is 17.6 Å². The molecular weight excluding hydrogens is 384 g/mol. The van der Waals surface area contributed by atoms with E-state index in [1.54, 1.807) is 23.1 Å². The van der Waals surface area contributed by atoms with Crippen molar-refractivity contribution in [1.29, 1.82) is 0 Å². The number of anilines is 1. The summed E-state index contributed by atoms with van der Waals surface area (Å²) in [7, 11) is 0. The average molecular weight is 411 g/mol. The summed E-state index contributed by atoms with van der Waals surface area (Å²) in [4.78, 5) is 9.17. The normalized spacial score (nSPS) is 15.7. The van der Waals surface area contributed by atoms with Gasteiger partial charge in [0.2, 0.25) is 0 Å². The monoisotopic (exact) mass is 410 g/mol. The molecule has 4 rings (SSSR count). The van der Waals surface area contributed by atoms with E-state index in [1.165, 1.54) is 28.7 Å². The third-order valence-electron chi connectivity index (χ3n) is 5.08. The lowest BCUT2D eigenvalue weighted by Gasteiger charge is -2.07. The number of nitrogens with zero attached hydrogens (tertiary/aromatic N) is 2. The summed E-state index contributed by atoms with van der Waals surface area (Å²) in [5, 5.41) is 5.09. The van der Waals surface area contributed by atoms with Crippen LogP contribution in [-0.4, -0.2) is 22.4 Å². The number of aromatic nitrogens is 1. The Hall–Kier alpha value is -2.05. The molecule has 28 heavy (non-hydrogen) atoms. The number of thioether (sulfide) groups is 1. The van der Waals surface area contributed by atoms with Crippen LogP contribution in [0.1, 0.15) is 30.9 Å². The van der Waals surface area contributed by atoms with Gasteiger partial charge >= 0.3 is 0 Å². The molecular formula is C22H26N4S2. The van der Waals surface area contributed by atoms with Gasteiger partial charge in [0.1, 0.15) is 0 Å². The first-order valence-electron chi connectivity index (χ1n) is 9.66. The predicted octanol–water partition coefficient (Wildman–Crippen LogP) is 5.74. The van der Waals surface area contributed by atoms with Crippen LogP contribution in [0.4, 0.5) is 10.8 Å². The first-order valence-corrected chi connectivity index (χ1v) is 11.5. The number of aliphatic imine (C=N–C) groups is 1. The van der Waals surface area contributed by atoms with Gasteiger partial charge in [-0.2, -0.15) is 0 Å². The second-order valence-electron chi connectivity index (χ2n) is 7.88. The summed E-state index contributed by atoms with van der Waals surface area (Å²) in [6.07, 6.45) is 3.57. The van der Waals surface area contributed by atoms with Gasteiger partial charge in [0.15, 0.2) is 10.3 Å². The molecule has 0 saturated heterocycles. The van der Waals surface area contributed by atoms with E-state index in [1.807, 2.05) is 12.1 Å². The quantitative estimate of drug-likeness (QED) is 0.385. The van der Waals surface area contributed by atoms with Crippen LogP contribution >= 0.6 is 23.1 Å². The van der Waals surface area contributed by atoms with Gasteiger partial charge in [-0.1, -0.05) is 48.2 Å². The minimum Gasteiger partial charge on any atom is -0.378 e. The fourth-order valence-corrected chi connectivity index (χ4v) is 4.87. The smallest absolute Gasteiger partial charge is 0.183 e. The largest absolute Gasteiger partial charge is 0.378 e. The van der Waals surface area contributed by atoms with Crippen molar-refractivity contribution in [2.24, 2.45) is 16.1 Å². The first kappa shape index (κ1) is 19.3. The zero-order chi connectivity index (χ0) is 19.6. The van der Waals surface area contributed by atoms with E-state index in [2.05, 4.69) is 59.5 Å². The van der Waals surface area contributed by atoms with Gasteiger partial charge in [-0.25, -0.2) is 9.98 Å². The highest BCUT2D eigenvalue weighted by Gasteiger charge is 2.37. The van der Waals surface area contributed by atoms with Gasteiger partial charge in [0, 0.05) is 12.3 Å². The Kier molecular flexibility index (Phi) is 5.60. The van der Waals surface area contributed by atoms with Crippen molar-refractivity contribution in [3.8, 4) is 0 Å². The minimum absolute atomic E-state index is 0.490. The number of amidine groups is 1. The Balaban J connectivity index is 1.27. The van der Waals surface area contributed by atoms with Crippen LogP contribution in [0, 0.1) is 12.3 Å². The molecule has 0 amide bonds. The minimum atomic E-state index is 0.490. The summed E-state index contributed by atoms with van der Waals surface area (Å²) in [6, 6.07) is 14.7. The second-order valence-corrected chi connectivity index (χ2v) is 9.91. The maximum Gasteiger partial charge on any atom is 0.183 e. The molecule has 3 N–H and O–H groups in total.